The number of nitrogens with zero attached hydrogens (tertiary/aromatic N) is 7. The normalized spacial score (nSPS) is 12.1. The minimum atomic E-state index is 0.179. The van der Waals surface area contributed by atoms with Crippen molar-refractivity contribution in [3.8, 4) is 5.69 Å². The number of oxime groups is 1. The Balaban J connectivity index is 1.43. The molecule has 0 aliphatic heterocycles. The first kappa shape index (κ1) is 17.5. The van der Waals surface area contributed by atoms with Crippen molar-refractivity contribution in [3.05, 3.63) is 70.6 Å². The van der Waals surface area contributed by atoms with E-state index in [0.717, 1.165) is 27.3 Å². The van der Waals surface area contributed by atoms with Gasteiger partial charge in [-0.05, 0) is 37.4 Å². The molecule has 9 heteroatoms. The van der Waals surface area contributed by atoms with Gasteiger partial charge in [-0.15, -0.1) is 16.4 Å². The zero-order valence-electron chi connectivity index (χ0n) is 15.9. The summed E-state index contributed by atoms with van der Waals surface area (Å²) in [6.07, 6.45) is 3.40. The van der Waals surface area contributed by atoms with Gasteiger partial charge in [0.05, 0.1) is 27.9 Å². The molecule has 144 valence electrons. The second kappa shape index (κ2) is 7.10. The molecular weight excluding hydrogens is 386 g/mol. The third kappa shape index (κ3) is 3.25. The van der Waals surface area contributed by atoms with Gasteiger partial charge in [-0.3, -0.25) is 0 Å². The van der Waals surface area contributed by atoms with Gasteiger partial charge in [-0.25, -0.2) is 19.2 Å². The lowest BCUT2D eigenvalue weighted by Crippen LogP contribution is -1.99. The Morgan fingerprint density at radius 3 is 2.83 bits per heavy atom. The second-order valence-electron chi connectivity index (χ2n) is 6.60. The van der Waals surface area contributed by atoms with E-state index in [4.69, 9.17) is 4.84 Å². The van der Waals surface area contributed by atoms with Crippen molar-refractivity contribution in [2.45, 2.75) is 20.5 Å². The second-order valence-corrected chi connectivity index (χ2v) is 7.55. The summed E-state index contributed by atoms with van der Waals surface area (Å²) in [4.78, 5) is 15.6. The molecule has 0 bridgehead atoms. The highest BCUT2D eigenvalue weighted by Crippen LogP contribution is 2.20. The summed E-state index contributed by atoms with van der Waals surface area (Å²) in [5.41, 5.74) is 4.38. The van der Waals surface area contributed by atoms with Gasteiger partial charge >= 0.3 is 0 Å². The number of aryl methyl sites for hydroxylation is 1. The minimum Gasteiger partial charge on any atom is -0.387 e. The third-order valence-electron chi connectivity index (χ3n) is 4.50. The summed E-state index contributed by atoms with van der Waals surface area (Å²) >= 11 is 1.62. The number of benzene rings is 1. The Labute approximate surface area is 170 Å². The first-order valence-electron chi connectivity index (χ1n) is 9.04. The van der Waals surface area contributed by atoms with Crippen LogP contribution in [0.3, 0.4) is 0 Å². The highest BCUT2D eigenvalue weighted by molar-refractivity contribution is 7.12. The van der Waals surface area contributed by atoms with Crippen LogP contribution in [0.25, 0.3) is 22.4 Å². The third-order valence-corrected chi connectivity index (χ3v) is 5.48. The molecule has 5 aromatic rings. The summed E-state index contributed by atoms with van der Waals surface area (Å²) < 4.78 is 3.44. The fourth-order valence-corrected chi connectivity index (χ4v) is 3.69. The van der Waals surface area contributed by atoms with Crippen LogP contribution in [-0.2, 0) is 11.4 Å². The van der Waals surface area contributed by atoms with Gasteiger partial charge in [0.2, 0.25) is 0 Å². The van der Waals surface area contributed by atoms with Gasteiger partial charge in [0, 0.05) is 0 Å². The maximum Gasteiger partial charge on any atom is 0.192 e. The fourth-order valence-electron chi connectivity index (χ4n) is 3.02. The Morgan fingerprint density at radius 1 is 1.17 bits per heavy atom. The summed E-state index contributed by atoms with van der Waals surface area (Å²) in [7, 11) is 0. The van der Waals surface area contributed by atoms with E-state index in [1.807, 2.05) is 48.7 Å². The van der Waals surface area contributed by atoms with Gasteiger partial charge in [0.25, 0.3) is 0 Å². The zero-order valence-corrected chi connectivity index (χ0v) is 16.7. The molecule has 29 heavy (non-hydrogen) atoms. The molecule has 0 aliphatic carbocycles. The van der Waals surface area contributed by atoms with Crippen LogP contribution in [0, 0.1) is 6.92 Å². The van der Waals surface area contributed by atoms with E-state index in [1.165, 1.54) is 5.56 Å². The Morgan fingerprint density at radius 2 is 2.03 bits per heavy atom. The average molecular weight is 403 g/mol. The molecule has 5 rings (SSSR count). The Kier molecular flexibility index (Phi) is 4.28. The molecule has 0 fully saturated rings. The largest absolute Gasteiger partial charge is 0.387 e. The number of hydrogen-bond acceptors (Lipinski definition) is 7. The maximum absolute atomic E-state index is 5.45. The van der Waals surface area contributed by atoms with Crippen molar-refractivity contribution >= 4 is 33.7 Å². The molecule has 0 amide bonds. The first-order chi connectivity index (χ1) is 14.2. The summed E-state index contributed by atoms with van der Waals surface area (Å²) in [5, 5.41) is 15.9. The summed E-state index contributed by atoms with van der Waals surface area (Å²) in [6.45, 7) is 4.15. The van der Waals surface area contributed by atoms with E-state index in [2.05, 4.69) is 32.2 Å². The highest BCUT2D eigenvalue weighted by Gasteiger charge is 2.14. The van der Waals surface area contributed by atoms with Crippen LogP contribution < -0.4 is 0 Å². The molecule has 0 radical (unpaired) electrons. The molecule has 0 saturated carbocycles. The molecule has 0 spiro atoms. The zero-order chi connectivity index (χ0) is 19.8. The molecule has 4 heterocycles. The van der Waals surface area contributed by atoms with Crippen molar-refractivity contribution in [1.82, 2.24) is 29.4 Å². The highest BCUT2D eigenvalue weighted by atomic mass is 32.1. The summed E-state index contributed by atoms with van der Waals surface area (Å²) in [5.74, 6) is 0.533. The predicted molar refractivity (Wildman–Crippen MR) is 111 cm³/mol. The number of thiophene rings is 1. The van der Waals surface area contributed by atoms with E-state index in [0.29, 0.717) is 11.5 Å². The quantitative estimate of drug-likeness (QED) is 0.329. The molecule has 0 aliphatic rings. The van der Waals surface area contributed by atoms with Gasteiger partial charge < -0.3 is 4.84 Å². The van der Waals surface area contributed by atoms with Crippen molar-refractivity contribution in [3.63, 3.8) is 0 Å². The Hall–Kier alpha value is -3.59. The minimum absolute atomic E-state index is 0.179. The van der Waals surface area contributed by atoms with Crippen LogP contribution in [0.4, 0.5) is 0 Å². The van der Waals surface area contributed by atoms with Crippen LogP contribution in [0.15, 0.2) is 59.5 Å². The van der Waals surface area contributed by atoms with Crippen LogP contribution in [0.1, 0.15) is 23.2 Å². The van der Waals surface area contributed by atoms with Crippen molar-refractivity contribution in [1.29, 1.82) is 0 Å². The van der Waals surface area contributed by atoms with Crippen LogP contribution in [0.2, 0.25) is 0 Å². The molecule has 0 atom stereocenters. The first-order valence-corrected chi connectivity index (χ1v) is 9.92. The van der Waals surface area contributed by atoms with E-state index in [-0.39, 0.29) is 6.61 Å². The van der Waals surface area contributed by atoms with E-state index in [1.54, 1.807) is 33.1 Å². The van der Waals surface area contributed by atoms with E-state index >= 15 is 0 Å². The molecule has 8 nitrogen and oxygen atoms in total. The van der Waals surface area contributed by atoms with E-state index < -0.39 is 0 Å². The predicted octanol–water partition coefficient (Wildman–Crippen LogP) is 3.77. The van der Waals surface area contributed by atoms with Crippen molar-refractivity contribution in [2.75, 3.05) is 0 Å². The van der Waals surface area contributed by atoms with Gasteiger partial charge in [0.15, 0.2) is 23.7 Å². The molecule has 4 aromatic heterocycles. The monoisotopic (exact) mass is 403 g/mol. The average Bonchev–Trinajstić information content (AvgIpc) is 3.47. The number of rotatable bonds is 5. The standard InChI is InChI=1S/C20H17N7OS/c1-13-5-7-15(8-6-13)27-19-16(10-22-27)20-23-18(24-26(20)12-21-19)11-28-25-14(2)17-4-3-9-29-17/h3-10,12H,11H2,1-2H3. The molecule has 0 N–H and O–H groups in total. The number of fused-ring (bicyclic) bond motifs is 3. The van der Waals surface area contributed by atoms with Crippen molar-refractivity contribution < 1.29 is 4.84 Å². The van der Waals surface area contributed by atoms with Gasteiger partial charge in [-0.1, -0.05) is 28.9 Å². The lowest BCUT2D eigenvalue weighted by Gasteiger charge is -2.03. The number of hydrogen-bond donors (Lipinski definition) is 0. The molecule has 0 saturated heterocycles. The van der Waals surface area contributed by atoms with Crippen LogP contribution in [-0.4, -0.2) is 35.1 Å². The SMILES string of the molecule is CC(=NOCc1nc2c3cnn(-c4ccc(C)cc4)c3ncn2n1)c1cccs1. The number of aromatic nitrogens is 6. The Bertz CT molecular complexity index is 1320. The summed E-state index contributed by atoms with van der Waals surface area (Å²) in [6, 6.07) is 12.1. The van der Waals surface area contributed by atoms with Crippen LogP contribution >= 0.6 is 11.3 Å². The topological polar surface area (TPSA) is 82.5 Å². The van der Waals surface area contributed by atoms with Crippen LogP contribution in [0.5, 0.6) is 0 Å². The van der Waals surface area contributed by atoms with Crippen molar-refractivity contribution in [2.24, 2.45) is 5.16 Å². The maximum atomic E-state index is 5.45. The van der Waals surface area contributed by atoms with E-state index in [9.17, 15) is 0 Å². The molecule has 0 unspecified atom stereocenters. The lowest BCUT2D eigenvalue weighted by atomic mass is 10.2. The smallest absolute Gasteiger partial charge is 0.192 e. The molecule has 1 aromatic carbocycles. The lowest BCUT2D eigenvalue weighted by molar-refractivity contribution is 0.125. The molecular formula is C20H17N7OS. The van der Waals surface area contributed by atoms with Gasteiger partial charge in [0.1, 0.15) is 6.33 Å². The fraction of sp³-hybridized carbons (Fsp3) is 0.150. The van der Waals surface area contributed by atoms with Gasteiger partial charge in [-0.2, -0.15) is 5.10 Å².